The largest absolute Gasteiger partial charge is 0.383 e. The molecule has 1 aromatic rings. The van der Waals surface area contributed by atoms with Gasteiger partial charge in [0.25, 0.3) is 0 Å². The highest BCUT2D eigenvalue weighted by molar-refractivity contribution is 9.10. The minimum atomic E-state index is 0.756. The summed E-state index contributed by atoms with van der Waals surface area (Å²) < 4.78 is 6.36. The fourth-order valence-electron chi connectivity index (χ4n) is 1.23. The van der Waals surface area contributed by atoms with Crippen LogP contribution in [0, 0.1) is 6.92 Å². The molecule has 0 saturated carbocycles. The van der Waals surface area contributed by atoms with Gasteiger partial charge in [0.05, 0.1) is 6.61 Å². The van der Waals surface area contributed by atoms with Crippen LogP contribution in [0.4, 0.5) is 5.69 Å². The van der Waals surface area contributed by atoms with Gasteiger partial charge in [-0.25, -0.2) is 0 Å². The molecule has 2 nitrogen and oxygen atoms in total. The van der Waals surface area contributed by atoms with Gasteiger partial charge in [0.2, 0.25) is 0 Å². The molecule has 0 aliphatic rings. The van der Waals surface area contributed by atoms with Crippen LogP contribution in [0.5, 0.6) is 0 Å². The highest BCUT2D eigenvalue weighted by Gasteiger charge is 1.97. The van der Waals surface area contributed by atoms with Crippen molar-refractivity contribution in [2.45, 2.75) is 13.8 Å². The Hall–Kier alpha value is -0.540. The Labute approximate surface area is 93.8 Å². The second-order valence-electron chi connectivity index (χ2n) is 3.08. The summed E-state index contributed by atoms with van der Waals surface area (Å²) in [7, 11) is 0. The summed E-state index contributed by atoms with van der Waals surface area (Å²) in [4.78, 5) is 0. The summed E-state index contributed by atoms with van der Waals surface area (Å²) in [6.45, 7) is 6.49. The zero-order valence-corrected chi connectivity index (χ0v) is 10.2. The van der Waals surface area contributed by atoms with E-state index >= 15 is 0 Å². The lowest BCUT2D eigenvalue weighted by atomic mass is 10.2. The molecule has 0 aliphatic heterocycles. The van der Waals surface area contributed by atoms with E-state index in [9.17, 15) is 0 Å². The SMILES string of the molecule is CCOCCNc1ccc(Br)cc1C. The predicted octanol–water partition coefficient (Wildman–Crippen LogP) is 3.21. The molecular weight excluding hydrogens is 242 g/mol. The zero-order valence-electron chi connectivity index (χ0n) is 8.64. The van der Waals surface area contributed by atoms with Crippen LogP contribution in [0.2, 0.25) is 0 Å². The summed E-state index contributed by atoms with van der Waals surface area (Å²) in [5.41, 5.74) is 2.42. The summed E-state index contributed by atoms with van der Waals surface area (Å²) >= 11 is 3.44. The van der Waals surface area contributed by atoms with Crippen molar-refractivity contribution in [3.05, 3.63) is 28.2 Å². The van der Waals surface area contributed by atoms with Gasteiger partial charge in [-0.2, -0.15) is 0 Å². The first-order valence-corrected chi connectivity index (χ1v) is 5.61. The Balaban J connectivity index is 2.42. The summed E-state index contributed by atoms with van der Waals surface area (Å²) in [5.74, 6) is 0. The van der Waals surface area contributed by atoms with Crippen LogP contribution in [-0.4, -0.2) is 19.8 Å². The van der Waals surface area contributed by atoms with Gasteiger partial charge in [0.15, 0.2) is 0 Å². The van der Waals surface area contributed by atoms with E-state index in [1.165, 1.54) is 11.3 Å². The lowest BCUT2D eigenvalue weighted by molar-refractivity contribution is 0.158. The van der Waals surface area contributed by atoms with Gasteiger partial charge < -0.3 is 10.1 Å². The maximum absolute atomic E-state index is 5.25. The fraction of sp³-hybridized carbons (Fsp3) is 0.455. The second-order valence-corrected chi connectivity index (χ2v) is 4.00. The first-order valence-electron chi connectivity index (χ1n) is 4.82. The normalized spacial score (nSPS) is 10.2. The molecule has 1 aromatic carbocycles. The molecule has 14 heavy (non-hydrogen) atoms. The molecule has 0 aliphatic carbocycles. The van der Waals surface area contributed by atoms with Crippen LogP contribution in [-0.2, 0) is 4.74 Å². The van der Waals surface area contributed by atoms with E-state index in [0.29, 0.717) is 0 Å². The Bertz CT molecular complexity index is 289. The van der Waals surface area contributed by atoms with E-state index in [1.807, 2.05) is 13.0 Å². The van der Waals surface area contributed by atoms with Gasteiger partial charge in [-0.3, -0.25) is 0 Å². The van der Waals surface area contributed by atoms with Gasteiger partial charge >= 0.3 is 0 Å². The first-order chi connectivity index (χ1) is 6.74. The van der Waals surface area contributed by atoms with E-state index in [1.54, 1.807) is 0 Å². The number of aryl methyl sites for hydroxylation is 1. The molecule has 0 fully saturated rings. The van der Waals surface area contributed by atoms with Gasteiger partial charge in [0, 0.05) is 23.3 Å². The van der Waals surface area contributed by atoms with Crippen molar-refractivity contribution in [2.24, 2.45) is 0 Å². The molecule has 0 heterocycles. The number of ether oxygens (including phenoxy) is 1. The summed E-state index contributed by atoms with van der Waals surface area (Å²) in [6, 6.07) is 6.21. The number of hydrogen-bond acceptors (Lipinski definition) is 2. The maximum atomic E-state index is 5.25. The molecule has 78 valence electrons. The maximum Gasteiger partial charge on any atom is 0.0638 e. The number of benzene rings is 1. The number of hydrogen-bond donors (Lipinski definition) is 1. The Kier molecular flexibility index (Phi) is 4.98. The van der Waals surface area contributed by atoms with E-state index in [-0.39, 0.29) is 0 Å². The molecular formula is C11H16BrNO. The molecule has 0 spiro atoms. The molecule has 0 amide bonds. The van der Waals surface area contributed by atoms with Gasteiger partial charge in [-0.15, -0.1) is 0 Å². The van der Waals surface area contributed by atoms with Gasteiger partial charge in [0.1, 0.15) is 0 Å². The molecule has 0 aromatic heterocycles. The van der Waals surface area contributed by atoms with Crippen molar-refractivity contribution < 1.29 is 4.74 Å². The molecule has 3 heteroatoms. The van der Waals surface area contributed by atoms with Crippen molar-refractivity contribution >= 4 is 21.6 Å². The molecule has 0 bridgehead atoms. The van der Waals surface area contributed by atoms with Crippen LogP contribution < -0.4 is 5.32 Å². The quantitative estimate of drug-likeness (QED) is 0.819. The van der Waals surface area contributed by atoms with Gasteiger partial charge in [-0.1, -0.05) is 15.9 Å². The van der Waals surface area contributed by atoms with E-state index < -0.39 is 0 Å². The highest BCUT2D eigenvalue weighted by atomic mass is 79.9. The number of rotatable bonds is 5. The topological polar surface area (TPSA) is 21.3 Å². The second kappa shape index (κ2) is 6.04. The van der Waals surface area contributed by atoms with Crippen LogP contribution in [0.1, 0.15) is 12.5 Å². The Morgan fingerprint density at radius 3 is 2.86 bits per heavy atom. The smallest absolute Gasteiger partial charge is 0.0638 e. The minimum Gasteiger partial charge on any atom is -0.383 e. The van der Waals surface area contributed by atoms with Crippen LogP contribution >= 0.6 is 15.9 Å². The monoisotopic (exact) mass is 257 g/mol. The molecule has 0 radical (unpaired) electrons. The molecule has 1 N–H and O–H groups in total. The molecule has 0 atom stereocenters. The van der Waals surface area contributed by atoms with Crippen LogP contribution in [0.25, 0.3) is 0 Å². The highest BCUT2D eigenvalue weighted by Crippen LogP contribution is 2.19. The average Bonchev–Trinajstić information content (AvgIpc) is 2.15. The average molecular weight is 258 g/mol. The van der Waals surface area contributed by atoms with E-state index in [0.717, 1.165) is 24.2 Å². The van der Waals surface area contributed by atoms with Crippen LogP contribution in [0.15, 0.2) is 22.7 Å². The standard InChI is InChI=1S/C11H16BrNO/c1-3-14-7-6-13-11-5-4-10(12)8-9(11)2/h4-5,8,13H,3,6-7H2,1-2H3. The Morgan fingerprint density at radius 2 is 2.21 bits per heavy atom. The van der Waals surface area contributed by atoms with E-state index in [2.05, 4.69) is 40.3 Å². The number of nitrogens with one attached hydrogen (secondary N) is 1. The first kappa shape index (κ1) is 11.5. The third-order valence-electron chi connectivity index (χ3n) is 1.95. The third-order valence-corrected chi connectivity index (χ3v) is 2.45. The third kappa shape index (κ3) is 3.68. The Morgan fingerprint density at radius 1 is 1.43 bits per heavy atom. The lowest BCUT2D eigenvalue weighted by Gasteiger charge is -2.09. The van der Waals surface area contributed by atoms with Crippen molar-refractivity contribution in [1.82, 2.24) is 0 Å². The summed E-state index contributed by atoms with van der Waals surface area (Å²) in [5, 5.41) is 3.33. The van der Waals surface area contributed by atoms with Crippen molar-refractivity contribution in [3.63, 3.8) is 0 Å². The zero-order chi connectivity index (χ0) is 10.4. The molecule has 1 rings (SSSR count). The molecule has 0 saturated heterocycles. The lowest BCUT2D eigenvalue weighted by Crippen LogP contribution is -2.09. The van der Waals surface area contributed by atoms with Crippen LogP contribution in [0.3, 0.4) is 0 Å². The summed E-state index contributed by atoms with van der Waals surface area (Å²) in [6.07, 6.45) is 0. The number of halogens is 1. The predicted molar refractivity (Wildman–Crippen MR) is 63.9 cm³/mol. The molecule has 0 unspecified atom stereocenters. The van der Waals surface area contributed by atoms with E-state index in [4.69, 9.17) is 4.74 Å². The minimum absolute atomic E-state index is 0.756. The van der Waals surface area contributed by atoms with Crippen molar-refractivity contribution in [3.8, 4) is 0 Å². The number of anilines is 1. The van der Waals surface area contributed by atoms with Crippen molar-refractivity contribution in [1.29, 1.82) is 0 Å². The van der Waals surface area contributed by atoms with Gasteiger partial charge in [-0.05, 0) is 37.6 Å². The van der Waals surface area contributed by atoms with Crippen molar-refractivity contribution in [2.75, 3.05) is 25.1 Å². The fourth-order valence-corrected chi connectivity index (χ4v) is 1.70.